The summed E-state index contributed by atoms with van der Waals surface area (Å²) in [5.74, 6) is 0. The van der Waals surface area contributed by atoms with E-state index < -0.39 is 10.4 Å². The second-order valence-corrected chi connectivity index (χ2v) is 11.7. The van der Waals surface area contributed by atoms with Gasteiger partial charge in [-0.15, -0.1) is 0 Å². The van der Waals surface area contributed by atoms with Gasteiger partial charge in [0.1, 0.15) is 17.9 Å². The fourth-order valence-electron chi connectivity index (χ4n) is 3.43. The standard InChI is InChI=1S/C20H46N2O4P2S/c1-9-15-17-19(7,11-3)21(13-5)27-25-29(23,24)26-28-22(14-6)20(8,12-4)18-16-10-2/h27-28H,9-18H2,1-8H3. The van der Waals surface area contributed by atoms with Gasteiger partial charge in [0.15, 0.2) is 0 Å². The third-order valence-electron chi connectivity index (χ3n) is 6.10. The average molecular weight is 473 g/mol. The second-order valence-electron chi connectivity index (χ2n) is 8.15. The van der Waals surface area contributed by atoms with Crippen LogP contribution < -0.4 is 0 Å². The Morgan fingerprint density at radius 1 is 0.724 bits per heavy atom. The van der Waals surface area contributed by atoms with E-state index in [1.54, 1.807) is 0 Å². The van der Waals surface area contributed by atoms with E-state index in [-0.39, 0.29) is 29.0 Å². The first-order chi connectivity index (χ1) is 13.6. The predicted octanol–water partition coefficient (Wildman–Crippen LogP) is 6.64. The van der Waals surface area contributed by atoms with Crippen LogP contribution in [0, 0.1) is 0 Å². The van der Waals surface area contributed by atoms with E-state index >= 15 is 0 Å². The van der Waals surface area contributed by atoms with Crippen LogP contribution in [0.25, 0.3) is 0 Å². The zero-order valence-electron chi connectivity index (χ0n) is 20.0. The molecule has 0 bridgehead atoms. The van der Waals surface area contributed by atoms with Crippen LogP contribution in [-0.4, -0.2) is 41.9 Å². The van der Waals surface area contributed by atoms with Crippen molar-refractivity contribution in [2.24, 2.45) is 0 Å². The summed E-state index contributed by atoms with van der Waals surface area (Å²) >= 11 is 0. The molecule has 0 heterocycles. The molecule has 0 aliphatic rings. The van der Waals surface area contributed by atoms with E-state index in [1.165, 1.54) is 0 Å². The molecule has 0 aromatic heterocycles. The Hall–Kier alpha value is 0.650. The molecule has 29 heavy (non-hydrogen) atoms. The Morgan fingerprint density at radius 2 is 1.07 bits per heavy atom. The van der Waals surface area contributed by atoms with Gasteiger partial charge in [0, 0.05) is 24.2 Å². The number of nitrogens with zero attached hydrogens (tertiary/aromatic N) is 2. The van der Waals surface area contributed by atoms with Gasteiger partial charge < -0.3 is 0 Å². The molecule has 6 nitrogen and oxygen atoms in total. The average Bonchev–Trinajstić information content (AvgIpc) is 2.71. The molecular formula is C20H46N2O4P2S. The van der Waals surface area contributed by atoms with Crippen LogP contribution in [0.5, 0.6) is 0 Å². The lowest BCUT2D eigenvalue weighted by Crippen LogP contribution is -2.41. The van der Waals surface area contributed by atoms with Crippen molar-refractivity contribution >= 4 is 28.3 Å². The molecule has 0 aromatic rings. The molecule has 0 aliphatic heterocycles. The fraction of sp³-hybridized carbons (Fsp3) is 1.00. The molecule has 0 aromatic carbocycles. The second kappa shape index (κ2) is 14.7. The Kier molecular flexibility index (Phi) is 15.0. The van der Waals surface area contributed by atoms with Crippen LogP contribution in [0.4, 0.5) is 0 Å². The highest BCUT2D eigenvalue weighted by atomic mass is 32.3. The molecule has 176 valence electrons. The molecular weight excluding hydrogens is 426 g/mol. The molecule has 0 aliphatic carbocycles. The summed E-state index contributed by atoms with van der Waals surface area (Å²) in [7, 11) is -4.54. The highest BCUT2D eigenvalue weighted by Crippen LogP contribution is 2.40. The number of rotatable bonds is 18. The van der Waals surface area contributed by atoms with Gasteiger partial charge in [0.25, 0.3) is 0 Å². The maximum absolute atomic E-state index is 12.4. The van der Waals surface area contributed by atoms with Gasteiger partial charge in [-0.25, -0.2) is 7.94 Å². The lowest BCUT2D eigenvalue weighted by Gasteiger charge is -2.40. The fourth-order valence-corrected chi connectivity index (χ4v) is 6.56. The van der Waals surface area contributed by atoms with E-state index in [1.807, 2.05) is 13.8 Å². The Morgan fingerprint density at radius 3 is 1.31 bits per heavy atom. The summed E-state index contributed by atoms with van der Waals surface area (Å²) < 4.78 is 39.8. The third-order valence-corrected chi connectivity index (χ3v) is 10.5. The Bertz CT molecular complexity index is 499. The van der Waals surface area contributed by atoms with E-state index in [4.69, 9.17) is 7.94 Å². The zero-order valence-corrected chi connectivity index (χ0v) is 22.8. The Labute approximate surface area is 185 Å². The monoisotopic (exact) mass is 472 g/mol. The smallest absolute Gasteiger partial charge is 0.256 e. The predicted molar refractivity (Wildman–Crippen MR) is 129 cm³/mol. The Balaban J connectivity index is 4.96. The first kappa shape index (κ1) is 29.7. The van der Waals surface area contributed by atoms with Gasteiger partial charge in [-0.2, -0.15) is 8.42 Å². The maximum Gasteiger partial charge on any atom is 0.408 e. The highest BCUT2D eigenvalue weighted by molar-refractivity contribution is 7.87. The number of hydrogen-bond donors (Lipinski definition) is 0. The first-order valence-corrected chi connectivity index (χ1v) is 14.3. The van der Waals surface area contributed by atoms with Gasteiger partial charge in [-0.3, -0.25) is 9.34 Å². The van der Waals surface area contributed by atoms with Crippen LogP contribution in [0.3, 0.4) is 0 Å². The van der Waals surface area contributed by atoms with E-state index in [2.05, 4.69) is 50.9 Å². The lowest BCUT2D eigenvalue weighted by atomic mass is 9.92. The maximum atomic E-state index is 12.4. The lowest BCUT2D eigenvalue weighted by molar-refractivity contribution is 0.186. The van der Waals surface area contributed by atoms with Crippen LogP contribution in [0.2, 0.25) is 0 Å². The van der Waals surface area contributed by atoms with Crippen molar-refractivity contribution in [1.82, 2.24) is 9.34 Å². The molecule has 4 atom stereocenters. The normalized spacial score (nSPS) is 17.7. The summed E-state index contributed by atoms with van der Waals surface area (Å²) in [5, 5.41) is 0. The van der Waals surface area contributed by atoms with Crippen molar-refractivity contribution in [2.45, 2.75) is 118 Å². The SMILES string of the molecule is CCCCC(C)(CC)N(CC)POS(=O)(=O)OPN(CC)C(C)(CC)CCCC. The molecule has 0 saturated heterocycles. The van der Waals surface area contributed by atoms with Crippen LogP contribution >= 0.6 is 17.9 Å². The summed E-state index contributed by atoms with van der Waals surface area (Å²) in [5.41, 5.74) is -0.116. The van der Waals surface area contributed by atoms with Crippen LogP contribution in [0.15, 0.2) is 0 Å². The van der Waals surface area contributed by atoms with Crippen molar-refractivity contribution in [3.05, 3.63) is 0 Å². The van der Waals surface area contributed by atoms with E-state index in [0.717, 1.165) is 64.5 Å². The van der Waals surface area contributed by atoms with E-state index in [9.17, 15) is 8.42 Å². The van der Waals surface area contributed by atoms with E-state index in [0.29, 0.717) is 0 Å². The molecule has 0 fully saturated rings. The largest absolute Gasteiger partial charge is 0.408 e. The minimum Gasteiger partial charge on any atom is -0.256 e. The minimum atomic E-state index is -4.03. The molecule has 4 unspecified atom stereocenters. The van der Waals surface area contributed by atoms with Gasteiger partial charge in [-0.1, -0.05) is 67.2 Å². The zero-order chi connectivity index (χ0) is 22.6. The van der Waals surface area contributed by atoms with Crippen molar-refractivity contribution < 1.29 is 16.4 Å². The minimum absolute atomic E-state index is 0.0581. The van der Waals surface area contributed by atoms with Crippen LogP contribution in [-0.2, 0) is 18.3 Å². The van der Waals surface area contributed by atoms with Crippen molar-refractivity contribution in [2.75, 3.05) is 13.1 Å². The van der Waals surface area contributed by atoms with Crippen molar-refractivity contribution in [3.63, 3.8) is 0 Å². The molecule has 0 saturated carbocycles. The highest BCUT2D eigenvalue weighted by Gasteiger charge is 2.32. The quantitative estimate of drug-likeness (QED) is 0.208. The van der Waals surface area contributed by atoms with Gasteiger partial charge in [-0.05, 0) is 39.5 Å². The molecule has 9 heteroatoms. The van der Waals surface area contributed by atoms with Crippen LogP contribution in [0.1, 0.15) is 107 Å². The van der Waals surface area contributed by atoms with Crippen molar-refractivity contribution in [3.8, 4) is 0 Å². The summed E-state index contributed by atoms with van der Waals surface area (Å²) in [6.45, 7) is 18.6. The first-order valence-electron chi connectivity index (χ1n) is 11.3. The third kappa shape index (κ3) is 10.2. The molecule has 0 radical (unpaired) electrons. The summed E-state index contributed by atoms with van der Waals surface area (Å²) in [6, 6.07) is 0. The van der Waals surface area contributed by atoms with Gasteiger partial charge in [0.2, 0.25) is 0 Å². The topological polar surface area (TPSA) is 59.1 Å². The van der Waals surface area contributed by atoms with Gasteiger partial charge >= 0.3 is 10.4 Å². The van der Waals surface area contributed by atoms with Gasteiger partial charge in [0.05, 0.1) is 0 Å². The molecule has 0 N–H and O–H groups in total. The summed E-state index contributed by atoms with van der Waals surface area (Å²) in [6.07, 6.45) is 8.46. The van der Waals surface area contributed by atoms with Crippen molar-refractivity contribution in [1.29, 1.82) is 0 Å². The molecule has 0 rings (SSSR count). The number of unbranched alkanes of at least 4 members (excludes halogenated alkanes) is 2. The molecule has 0 amide bonds. The molecule has 0 spiro atoms. The summed E-state index contributed by atoms with van der Waals surface area (Å²) in [4.78, 5) is 0. The number of hydrogen-bond acceptors (Lipinski definition) is 6.